The maximum absolute atomic E-state index is 8.84. The third-order valence-corrected chi connectivity index (χ3v) is 2.33. The lowest BCUT2D eigenvalue weighted by atomic mass is 10.1. The van der Waals surface area contributed by atoms with E-state index in [9.17, 15) is 0 Å². The number of methoxy groups -OCH3 is 1. The van der Waals surface area contributed by atoms with Gasteiger partial charge in [0.25, 0.3) is 0 Å². The molecule has 1 aromatic rings. The molecule has 80 valence electrons. The largest absolute Gasteiger partial charge is 0.497 e. The molecule has 0 heterocycles. The van der Waals surface area contributed by atoms with Gasteiger partial charge in [0.1, 0.15) is 11.8 Å². The van der Waals surface area contributed by atoms with Crippen molar-refractivity contribution in [3.8, 4) is 11.8 Å². The van der Waals surface area contributed by atoms with Gasteiger partial charge in [0, 0.05) is 5.69 Å². The molecular weight excluding hydrogens is 188 g/mol. The summed E-state index contributed by atoms with van der Waals surface area (Å²) in [5.41, 5.74) is 2.08. The summed E-state index contributed by atoms with van der Waals surface area (Å²) in [5, 5.41) is 12.0. The molecule has 3 nitrogen and oxygen atoms in total. The Morgan fingerprint density at radius 1 is 1.53 bits per heavy atom. The Morgan fingerprint density at radius 3 is 2.73 bits per heavy atom. The summed E-state index contributed by atoms with van der Waals surface area (Å²) in [5.74, 6) is 0.836. The van der Waals surface area contributed by atoms with Crippen molar-refractivity contribution in [3.63, 3.8) is 0 Å². The lowest BCUT2D eigenvalue weighted by Gasteiger charge is -2.13. The van der Waals surface area contributed by atoms with Gasteiger partial charge >= 0.3 is 0 Å². The fourth-order valence-electron chi connectivity index (χ4n) is 1.34. The fraction of sp³-hybridized carbons (Fsp3) is 0.417. The van der Waals surface area contributed by atoms with Crippen molar-refractivity contribution >= 4 is 5.69 Å². The maximum Gasteiger partial charge on any atom is 0.119 e. The fourth-order valence-corrected chi connectivity index (χ4v) is 1.34. The number of hydrogen-bond donors (Lipinski definition) is 1. The van der Waals surface area contributed by atoms with Crippen molar-refractivity contribution in [2.75, 3.05) is 12.4 Å². The summed E-state index contributed by atoms with van der Waals surface area (Å²) in [6.07, 6.45) is 0.794. The zero-order chi connectivity index (χ0) is 11.3. The van der Waals surface area contributed by atoms with Crippen LogP contribution in [0.5, 0.6) is 5.75 Å². The molecule has 0 spiro atoms. The second kappa shape index (κ2) is 5.26. The third kappa shape index (κ3) is 2.88. The Bertz CT molecular complexity index is 368. The van der Waals surface area contributed by atoms with Crippen molar-refractivity contribution < 1.29 is 4.74 Å². The first-order chi connectivity index (χ1) is 7.21. The third-order valence-electron chi connectivity index (χ3n) is 2.33. The van der Waals surface area contributed by atoms with Crippen LogP contribution >= 0.6 is 0 Å². The molecular formula is C12H16N2O. The maximum atomic E-state index is 8.84. The molecule has 0 aromatic heterocycles. The lowest BCUT2D eigenvalue weighted by molar-refractivity contribution is 0.414. The average Bonchev–Trinajstić information content (AvgIpc) is 2.27. The number of aryl methyl sites for hydroxylation is 1. The minimum Gasteiger partial charge on any atom is -0.497 e. The van der Waals surface area contributed by atoms with Crippen LogP contribution in [-0.2, 0) is 0 Å². The molecule has 0 aliphatic carbocycles. The molecule has 0 bridgehead atoms. The summed E-state index contributed by atoms with van der Waals surface area (Å²) in [7, 11) is 1.64. The van der Waals surface area contributed by atoms with Crippen LogP contribution in [0.15, 0.2) is 18.2 Å². The molecule has 0 saturated carbocycles. The number of nitrogens with zero attached hydrogens (tertiary/aromatic N) is 1. The van der Waals surface area contributed by atoms with Crippen LogP contribution in [0.2, 0.25) is 0 Å². The minimum absolute atomic E-state index is 0.128. The van der Waals surface area contributed by atoms with Crippen LogP contribution in [0.25, 0.3) is 0 Å². The van der Waals surface area contributed by atoms with E-state index >= 15 is 0 Å². The second-order valence-electron chi connectivity index (χ2n) is 3.42. The number of benzene rings is 1. The van der Waals surface area contributed by atoms with Gasteiger partial charge in [0.05, 0.1) is 13.2 Å². The van der Waals surface area contributed by atoms with Crippen LogP contribution in [0.3, 0.4) is 0 Å². The highest BCUT2D eigenvalue weighted by Crippen LogP contribution is 2.21. The number of hydrogen-bond acceptors (Lipinski definition) is 3. The topological polar surface area (TPSA) is 45.0 Å². The smallest absolute Gasteiger partial charge is 0.119 e. The first kappa shape index (κ1) is 11.4. The van der Waals surface area contributed by atoms with Crippen LogP contribution in [0.4, 0.5) is 5.69 Å². The summed E-state index contributed by atoms with van der Waals surface area (Å²) in [6, 6.07) is 7.86. The van der Waals surface area contributed by atoms with Gasteiger partial charge in [0.15, 0.2) is 0 Å². The van der Waals surface area contributed by atoms with Gasteiger partial charge in [0.2, 0.25) is 0 Å². The first-order valence-corrected chi connectivity index (χ1v) is 5.02. The van der Waals surface area contributed by atoms with Crippen LogP contribution in [0, 0.1) is 18.3 Å². The van der Waals surface area contributed by atoms with Gasteiger partial charge in [-0.2, -0.15) is 5.26 Å². The Labute approximate surface area is 90.7 Å². The highest BCUT2D eigenvalue weighted by atomic mass is 16.5. The quantitative estimate of drug-likeness (QED) is 0.820. The van der Waals surface area contributed by atoms with Gasteiger partial charge in [-0.05, 0) is 37.1 Å². The van der Waals surface area contributed by atoms with E-state index in [4.69, 9.17) is 10.00 Å². The minimum atomic E-state index is -0.128. The van der Waals surface area contributed by atoms with E-state index < -0.39 is 0 Å². The molecule has 0 aliphatic heterocycles. The molecule has 0 radical (unpaired) electrons. The molecule has 1 aromatic carbocycles. The number of ether oxygens (including phenoxy) is 1. The molecule has 3 heteroatoms. The first-order valence-electron chi connectivity index (χ1n) is 5.02. The van der Waals surface area contributed by atoms with Crippen molar-refractivity contribution in [3.05, 3.63) is 23.8 Å². The van der Waals surface area contributed by atoms with E-state index in [0.29, 0.717) is 0 Å². The molecule has 15 heavy (non-hydrogen) atoms. The molecule has 1 N–H and O–H groups in total. The summed E-state index contributed by atoms with van der Waals surface area (Å²) in [4.78, 5) is 0. The zero-order valence-corrected chi connectivity index (χ0v) is 9.37. The van der Waals surface area contributed by atoms with E-state index in [1.807, 2.05) is 32.0 Å². The Balaban J connectivity index is 2.83. The molecule has 1 unspecified atom stereocenters. The van der Waals surface area contributed by atoms with Crippen molar-refractivity contribution in [2.24, 2.45) is 0 Å². The van der Waals surface area contributed by atoms with Crippen molar-refractivity contribution in [1.82, 2.24) is 0 Å². The Kier molecular flexibility index (Phi) is 3.99. The average molecular weight is 204 g/mol. The lowest BCUT2D eigenvalue weighted by Crippen LogP contribution is -2.16. The molecule has 1 rings (SSSR count). The van der Waals surface area contributed by atoms with E-state index in [2.05, 4.69) is 11.4 Å². The summed E-state index contributed by atoms with van der Waals surface area (Å²) < 4.78 is 5.11. The van der Waals surface area contributed by atoms with Crippen LogP contribution in [-0.4, -0.2) is 13.2 Å². The number of nitriles is 1. The van der Waals surface area contributed by atoms with E-state index in [1.54, 1.807) is 7.11 Å². The molecule has 0 amide bonds. The van der Waals surface area contributed by atoms with Crippen LogP contribution in [0.1, 0.15) is 18.9 Å². The van der Waals surface area contributed by atoms with E-state index in [1.165, 1.54) is 0 Å². The van der Waals surface area contributed by atoms with Gasteiger partial charge < -0.3 is 10.1 Å². The van der Waals surface area contributed by atoms with Crippen molar-refractivity contribution in [2.45, 2.75) is 26.3 Å². The Hall–Kier alpha value is -1.69. The highest BCUT2D eigenvalue weighted by Gasteiger charge is 2.06. The summed E-state index contributed by atoms with van der Waals surface area (Å²) >= 11 is 0. The van der Waals surface area contributed by atoms with E-state index in [0.717, 1.165) is 23.4 Å². The van der Waals surface area contributed by atoms with Gasteiger partial charge in [-0.1, -0.05) is 6.92 Å². The monoisotopic (exact) mass is 204 g/mol. The second-order valence-corrected chi connectivity index (χ2v) is 3.42. The molecule has 0 aliphatic rings. The number of anilines is 1. The zero-order valence-electron chi connectivity index (χ0n) is 9.37. The van der Waals surface area contributed by atoms with Gasteiger partial charge in [-0.15, -0.1) is 0 Å². The van der Waals surface area contributed by atoms with Crippen LogP contribution < -0.4 is 10.1 Å². The predicted octanol–water partition coefficient (Wildman–Crippen LogP) is 2.72. The molecule has 0 saturated heterocycles. The SMILES string of the molecule is CCC(C#N)Nc1ccc(OC)cc1C. The normalized spacial score (nSPS) is 11.6. The van der Waals surface area contributed by atoms with Gasteiger partial charge in [-0.3, -0.25) is 0 Å². The molecule has 1 atom stereocenters. The standard InChI is InChI=1S/C12H16N2O/c1-4-10(8-13)14-12-6-5-11(15-3)7-9(12)2/h5-7,10,14H,4H2,1-3H3. The summed E-state index contributed by atoms with van der Waals surface area (Å²) in [6.45, 7) is 3.98. The van der Waals surface area contributed by atoms with Crippen molar-refractivity contribution in [1.29, 1.82) is 5.26 Å². The predicted molar refractivity (Wildman–Crippen MR) is 61.0 cm³/mol. The van der Waals surface area contributed by atoms with E-state index in [-0.39, 0.29) is 6.04 Å². The van der Waals surface area contributed by atoms with Gasteiger partial charge in [-0.25, -0.2) is 0 Å². The number of rotatable bonds is 4. The highest BCUT2D eigenvalue weighted by molar-refractivity contribution is 5.54. The molecule has 0 fully saturated rings. The Morgan fingerprint density at radius 2 is 2.27 bits per heavy atom. The number of nitrogens with one attached hydrogen (secondary N) is 1.